The van der Waals surface area contributed by atoms with Crippen molar-refractivity contribution in [3.8, 4) is 0 Å². The molecule has 5 heteroatoms. The van der Waals surface area contributed by atoms with Crippen molar-refractivity contribution in [2.75, 3.05) is 6.61 Å². The maximum absolute atomic E-state index is 11.4. The molecule has 1 aliphatic heterocycles. The van der Waals surface area contributed by atoms with Gasteiger partial charge in [0.25, 0.3) is 0 Å². The summed E-state index contributed by atoms with van der Waals surface area (Å²) in [6.45, 7) is 12.8. The van der Waals surface area contributed by atoms with E-state index in [9.17, 15) is 9.59 Å². The number of rotatable bonds is 4. The average Bonchev–Trinajstić information content (AvgIpc) is 2.37. The van der Waals surface area contributed by atoms with Crippen LogP contribution in [0.25, 0.3) is 0 Å². The highest BCUT2D eigenvalue weighted by atomic mass is 16.7. The molecule has 1 heterocycles. The van der Waals surface area contributed by atoms with E-state index >= 15 is 0 Å². The summed E-state index contributed by atoms with van der Waals surface area (Å²) in [7, 11) is 0. The molecule has 0 spiro atoms. The Morgan fingerprint density at radius 2 is 1.70 bits per heavy atom. The number of hydrogen-bond acceptors (Lipinski definition) is 5. The van der Waals surface area contributed by atoms with Gasteiger partial charge in [0, 0.05) is 18.4 Å². The molecule has 5 unspecified atom stereocenters. The number of esters is 2. The molecule has 5 nitrogen and oxygen atoms in total. The smallest absolute Gasteiger partial charge is 0.333 e. The first-order valence-electron chi connectivity index (χ1n) is 6.89. The lowest BCUT2D eigenvalue weighted by molar-refractivity contribution is -0.248. The lowest BCUT2D eigenvalue weighted by Gasteiger charge is -2.42. The zero-order valence-corrected chi connectivity index (χ0v) is 12.8. The maximum Gasteiger partial charge on any atom is 0.333 e. The van der Waals surface area contributed by atoms with Gasteiger partial charge in [0.2, 0.25) is 6.29 Å². The van der Waals surface area contributed by atoms with Gasteiger partial charge in [0.1, 0.15) is 6.61 Å². The van der Waals surface area contributed by atoms with Crippen LogP contribution < -0.4 is 0 Å². The number of hydrogen-bond donors (Lipinski definition) is 0. The Balaban J connectivity index is 2.67. The van der Waals surface area contributed by atoms with Crippen molar-refractivity contribution in [3.63, 3.8) is 0 Å². The minimum Gasteiger partial charge on any atom is -0.460 e. The largest absolute Gasteiger partial charge is 0.460 e. The first-order chi connectivity index (χ1) is 9.23. The fourth-order valence-electron chi connectivity index (χ4n) is 2.26. The van der Waals surface area contributed by atoms with Crippen LogP contribution in [0.4, 0.5) is 0 Å². The SMILES string of the molecule is C=C(C)C(=O)OCC1OC(OC(C)=O)C(C)C(C)C1C. The summed E-state index contributed by atoms with van der Waals surface area (Å²) in [6, 6.07) is 0. The van der Waals surface area contributed by atoms with Gasteiger partial charge in [-0.1, -0.05) is 27.4 Å². The summed E-state index contributed by atoms with van der Waals surface area (Å²) < 4.78 is 16.1. The molecular weight excluding hydrogens is 260 g/mol. The first-order valence-corrected chi connectivity index (χ1v) is 6.89. The normalized spacial score (nSPS) is 33.4. The maximum atomic E-state index is 11.4. The second-order valence-electron chi connectivity index (χ2n) is 5.61. The molecule has 0 aromatic rings. The molecule has 1 fully saturated rings. The lowest BCUT2D eigenvalue weighted by Crippen LogP contribution is -2.48. The van der Waals surface area contributed by atoms with Gasteiger partial charge in [-0.05, 0) is 18.8 Å². The Hall–Kier alpha value is -1.36. The van der Waals surface area contributed by atoms with E-state index in [1.807, 2.05) is 13.8 Å². The summed E-state index contributed by atoms with van der Waals surface area (Å²) in [5.74, 6) is -0.212. The quantitative estimate of drug-likeness (QED) is 0.585. The van der Waals surface area contributed by atoms with Gasteiger partial charge in [-0.15, -0.1) is 0 Å². The summed E-state index contributed by atoms with van der Waals surface area (Å²) in [6.07, 6.45) is -0.874. The molecule has 0 saturated carbocycles. The van der Waals surface area contributed by atoms with E-state index < -0.39 is 12.3 Å². The predicted molar refractivity (Wildman–Crippen MR) is 73.7 cm³/mol. The van der Waals surface area contributed by atoms with E-state index in [0.717, 1.165) is 0 Å². The summed E-state index contributed by atoms with van der Waals surface area (Å²) >= 11 is 0. The van der Waals surface area contributed by atoms with Crippen LogP contribution >= 0.6 is 0 Å². The van der Waals surface area contributed by atoms with Crippen LogP contribution in [-0.4, -0.2) is 30.9 Å². The fourth-order valence-corrected chi connectivity index (χ4v) is 2.26. The average molecular weight is 284 g/mol. The first kappa shape index (κ1) is 16.7. The third kappa shape index (κ3) is 4.07. The van der Waals surface area contributed by atoms with Crippen molar-refractivity contribution in [1.82, 2.24) is 0 Å². The highest BCUT2D eigenvalue weighted by Crippen LogP contribution is 2.35. The van der Waals surface area contributed by atoms with Gasteiger partial charge >= 0.3 is 11.9 Å². The van der Waals surface area contributed by atoms with Crippen LogP contribution in [0.3, 0.4) is 0 Å². The molecule has 0 amide bonds. The van der Waals surface area contributed by atoms with Gasteiger partial charge in [-0.3, -0.25) is 4.79 Å². The van der Waals surface area contributed by atoms with Crippen molar-refractivity contribution < 1.29 is 23.8 Å². The Labute approximate surface area is 120 Å². The summed E-state index contributed by atoms with van der Waals surface area (Å²) in [5, 5.41) is 0. The Kier molecular flexibility index (Phi) is 5.74. The lowest BCUT2D eigenvalue weighted by atomic mass is 9.79. The minimum atomic E-state index is -0.591. The highest BCUT2D eigenvalue weighted by Gasteiger charge is 2.41. The standard InChI is InChI=1S/C15H24O5/c1-8(2)14(17)18-7-13-10(4)9(3)11(5)15(20-13)19-12(6)16/h9-11,13,15H,1,7H2,2-6H3. The van der Waals surface area contributed by atoms with E-state index in [1.165, 1.54) is 6.92 Å². The second kappa shape index (κ2) is 6.88. The van der Waals surface area contributed by atoms with Crippen molar-refractivity contribution in [3.05, 3.63) is 12.2 Å². The predicted octanol–water partition coefficient (Wildman–Crippen LogP) is 2.30. The summed E-state index contributed by atoms with van der Waals surface area (Å²) in [4.78, 5) is 22.5. The molecule has 0 N–H and O–H groups in total. The van der Waals surface area contributed by atoms with Crippen LogP contribution in [0.1, 0.15) is 34.6 Å². The van der Waals surface area contributed by atoms with Gasteiger partial charge in [-0.2, -0.15) is 0 Å². The van der Waals surface area contributed by atoms with Gasteiger partial charge in [0.05, 0.1) is 6.10 Å². The third-order valence-electron chi connectivity index (χ3n) is 3.99. The Bertz CT molecular complexity index is 390. The van der Waals surface area contributed by atoms with Crippen molar-refractivity contribution >= 4 is 11.9 Å². The molecule has 1 rings (SSSR count). The molecule has 5 atom stereocenters. The molecule has 0 aromatic heterocycles. The topological polar surface area (TPSA) is 61.8 Å². The fraction of sp³-hybridized carbons (Fsp3) is 0.733. The molecule has 0 aromatic carbocycles. The van der Waals surface area contributed by atoms with E-state index in [1.54, 1.807) is 6.92 Å². The monoisotopic (exact) mass is 284 g/mol. The number of carbonyl (C=O) groups excluding carboxylic acids is 2. The van der Waals surface area contributed by atoms with E-state index in [4.69, 9.17) is 14.2 Å². The second-order valence-corrected chi connectivity index (χ2v) is 5.61. The number of ether oxygens (including phenoxy) is 3. The van der Waals surface area contributed by atoms with Crippen molar-refractivity contribution in [2.24, 2.45) is 17.8 Å². The molecule has 0 bridgehead atoms. The molecule has 1 aliphatic rings. The molecular formula is C15H24O5. The zero-order chi connectivity index (χ0) is 15.4. The Morgan fingerprint density at radius 1 is 1.10 bits per heavy atom. The molecule has 20 heavy (non-hydrogen) atoms. The number of carbonyl (C=O) groups is 2. The Morgan fingerprint density at radius 3 is 2.20 bits per heavy atom. The van der Waals surface area contributed by atoms with Crippen LogP contribution in [0.15, 0.2) is 12.2 Å². The van der Waals surface area contributed by atoms with E-state index in [0.29, 0.717) is 11.5 Å². The van der Waals surface area contributed by atoms with Gasteiger partial charge in [-0.25, -0.2) is 4.79 Å². The summed E-state index contributed by atoms with van der Waals surface area (Å²) in [5.41, 5.74) is 0.353. The van der Waals surface area contributed by atoms with Crippen LogP contribution in [-0.2, 0) is 23.8 Å². The van der Waals surface area contributed by atoms with Crippen molar-refractivity contribution in [2.45, 2.75) is 47.0 Å². The van der Waals surface area contributed by atoms with E-state index in [2.05, 4.69) is 13.5 Å². The minimum absolute atomic E-state index is 0.0991. The van der Waals surface area contributed by atoms with Crippen LogP contribution in [0, 0.1) is 17.8 Å². The zero-order valence-electron chi connectivity index (χ0n) is 12.8. The van der Waals surface area contributed by atoms with Gasteiger partial charge in [0.15, 0.2) is 0 Å². The molecule has 114 valence electrons. The molecule has 0 radical (unpaired) electrons. The van der Waals surface area contributed by atoms with Crippen LogP contribution in [0.5, 0.6) is 0 Å². The molecule has 1 saturated heterocycles. The van der Waals surface area contributed by atoms with E-state index in [-0.39, 0.29) is 30.5 Å². The highest BCUT2D eigenvalue weighted by molar-refractivity contribution is 5.86. The van der Waals surface area contributed by atoms with Crippen molar-refractivity contribution in [1.29, 1.82) is 0 Å². The van der Waals surface area contributed by atoms with Crippen LogP contribution in [0.2, 0.25) is 0 Å². The third-order valence-corrected chi connectivity index (χ3v) is 3.99. The molecule has 0 aliphatic carbocycles. The van der Waals surface area contributed by atoms with Gasteiger partial charge < -0.3 is 14.2 Å².